The summed E-state index contributed by atoms with van der Waals surface area (Å²) in [6.07, 6.45) is 0. The van der Waals surface area contributed by atoms with Gasteiger partial charge < -0.3 is 9.84 Å². The molecule has 3 heteroatoms. The Morgan fingerprint density at radius 1 is 0.840 bits per heavy atom. The van der Waals surface area contributed by atoms with Crippen molar-refractivity contribution in [3.63, 3.8) is 0 Å². The maximum atomic E-state index is 11.7. The molecule has 0 aliphatic rings. The molecule has 3 nitrogen and oxygen atoms in total. The van der Waals surface area contributed by atoms with Gasteiger partial charge in [-0.1, -0.05) is 42.5 Å². The van der Waals surface area contributed by atoms with E-state index in [0.717, 1.165) is 22.3 Å². The third kappa shape index (κ3) is 3.72. The van der Waals surface area contributed by atoms with Crippen LogP contribution in [0.1, 0.15) is 24.2 Å². The van der Waals surface area contributed by atoms with Crippen LogP contribution in [0.25, 0.3) is 22.3 Å². The molecule has 0 amide bonds. The molecule has 0 radical (unpaired) electrons. The maximum absolute atomic E-state index is 11.7. The van der Waals surface area contributed by atoms with Gasteiger partial charge in [0.15, 0.2) is 5.78 Å². The lowest BCUT2D eigenvalue weighted by atomic mass is 9.98. The zero-order chi connectivity index (χ0) is 17.8. The van der Waals surface area contributed by atoms with Gasteiger partial charge >= 0.3 is 0 Å². The lowest BCUT2D eigenvalue weighted by Crippen LogP contribution is -2.00. The number of Topliss-reactive ketones (excluding diaryl/α,β-unsaturated/α-hetero) is 1. The van der Waals surface area contributed by atoms with E-state index in [1.54, 1.807) is 19.1 Å². The van der Waals surface area contributed by atoms with E-state index >= 15 is 0 Å². The quantitative estimate of drug-likeness (QED) is 0.643. The molecule has 0 bridgehead atoms. The van der Waals surface area contributed by atoms with Crippen molar-refractivity contribution in [3.05, 3.63) is 72.3 Å². The molecule has 0 spiro atoms. The van der Waals surface area contributed by atoms with Crippen LogP contribution in [0.4, 0.5) is 0 Å². The van der Waals surface area contributed by atoms with E-state index in [-0.39, 0.29) is 11.5 Å². The number of carbonyl (C=O) groups is 1. The molecule has 0 fully saturated rings. The molecule has 0 saturated heterocycles. The lowest BCUT2D eigenvalue weighted by Gasteiger charge is -2.11. The number of ketones is 1. The highest BCUT2D eigenvalue weighted by Gasteiger charge is 2.10. The molecule has 0 aromatic heterocycles. The summed E-state index contributed by atoms with van der Waals surface area (Å²) in [5.41, 5.74) is 4.79. The summed E-state index contributed by atoms with van der Waals surface area (Å²) in [5.74, 6) is 0.877. The Kier molecular flexibility index (Phi) is 4.85. The third-order valence-corrected chi connectivity index (χ3v) is 4.08. The first-order valence-electron chi connectivity index (χ1n) is 8.26. The van der Waals surface area contributed by atoms with Gasteiger partial charge in [-0.3, -0.25) is 4.79 Å². The van der Waals surface area contributed by atoms with Gasteiger partial charge in [0.25, 0.3) is 0 Å². The SMILES string of the molecule is CCOc1cc(-c2ccc(-c3ccc(O)cc3)cc2)ccc1C(C)=O. The summed E-state index contributed by atoms with van der Waals surface area (Å²) in [6, 6.07) is 21.0. The van der Waals surface area contributed by atoms with Crippen LogP contribution in [-0.2, 0) is 0 Å². The summed E-state index contributed by atoms with van der Waals surface area (Å²) >= 11 is 0. The first kappa shape index (κ1) is 16.8. The molecule has 1 N–H and O–H groups in total. The minimum atomic E-state index is -0.00215. The minimum absolute atomic E-state index is 0.00215. The van der Waals surface area contributed by atoms with Gasteiger partial charge in [0, 0.05) is 0 Å². The van der Waals surface area contributed by atoms with Gasteiger partial charge in [-0.25, -0.2) is 0 Å². The van der Waals surface area contributed by atoms with E-state index in [1.807, 2.05) is 61.5 Å². The monoisotopic (exact) mass is 332 g/mol. The molecular weight excluding hydrogens is 312 g/mol. The second-order valence-corrected chi connectivity index (χ2v) is 5.82. The summed E-state index contributed by atoms with van der Waals surface area (Å²) in [6.45, 7) is 3.97. The fourth-order valence-electron chi connectivity index (χ4n) is 2.78. The summed E-state index contributed by atoms with van der Waals surface area (Å²) in [7, 11) is 0. The number of phenolic OH excluding ortho intramolecular Hbond substituents is 1. The Hall–Kier alpha value is -3.07. The Morgan fingerprint density at radius 2 is 1.32 bits per heavy atom. The molecule has 0 heterocycles. The average Bonchev–Trinajstić information content (AvgIpc) is 2.62. The lowest BCUT2D eigenvalue weighted by molar-refractivity contribution is 0.101. The zero-order valence-corrected chi connectivity index (χ0v) is 14.3. The van der Waals surface area contributed by atoms with Crippen LogP contribution in [0, 0.1) is 0 Å². The van der Waals surface area contributed by atoms with E-state index in [0.29, 0.717) is 17.9 Å². The van der Waals surface area contributed by atoms with Gasteiger partial charge in [0.1, 0.15) is 11.5 Å². The van der Waals surface area contributed by atoms with Crippen LogP contribution in [0.2, 0.25) is 0 Å². The number of carbonyl (C=O) groups excluding carboxylic acids is 1. The van der Waals surface area contributed by atoms with Crippen molar-refractivity contribution >= 4 is 5.78 Å². The Labute approximate surface area is 147 Å². The van der Waals surface area contributed by atoms with Crippen LogP contribution in [0.3, 0.4) is 0 Å². The molecule has 0 unspecified atom stereocenters. The van der Waals surface area contributed by atoms with Gasteiger partial charge in [-0.05, 0) is 60.4 Å². The highest BCUT2D eigenvalue weighted by molar-refractivity contribution is 5.97. The molecule has 126 valence electrons. The van der Waals surface area contributed by atoms with Crippen LogP contribution in [0.5, 0.6) is 11.5 Å². The molecule has 25 heavy (non-hydrogen) atoms. The number of benzene rings is 3. The number of hydrogen-bond donors (Lipinski definition) is 1. The van der Waals surface area contributed by atoms with Crippen LogP contribution in [0.15, 0.2) is 66.7 Å². The molecule has 3 aromatic carbocycles. The second-order valence-electron chi connectivity index (χ2n) is 5.82. The van der Waals surface area contributed by atoms with Crippen molar-refractivity contribution in [1.29, 1.82) is 0 Å². The van der Waals surface area contributed by atoms with Crippen LogP contribution in [-0.4, -0.2) is 17.5 Å². The van der Waals surface area contributed by atoms with Crippen molar-refractivity contribution < 1.29 is 14.6 Å². The van der Waals surface area contributed by atoms with Crippen molar-refractivity contribution in [3.8, 4) is 33.8 Å². The van der Waals surface area contributed by atoms with E-state index in [2.05, 4.69) is 0 Å². The Balaban J connectivity index is 1.93. The average molecular weight is 332 g/mol. The molecule has 3 rings (SSSR count). The fourth-order valence-corrected chi connectivity index (χ4v) is 2.78. The van der Waals surface area contributed by atoms with Crippen LogP contribution < -0.4 is 4.74 Å². The summed E-state index contributed by atoms with van der Waals surface area (Å²) < 4.78 is 5.62. The summed E-state index contributed by atoms with van der Waals surface area (Å²) in [5, 5.41) is 9.39. The fraction of sp³-hybridized carbons (Fsp3) is 0.136. The van der Waals surface area contributed by atoms with Crippen molar-refractivity contribution in [2.45, 2.75) is 13.8 Å². The second kappa shape index (κ2) is 7.22. The molecule has 3 aromatic rings. The minimum Gasteiger partial charge on any atom is -0.508 e. The number of phenols is 1. The standard InChI is InChI=1S/C22H20O3/c1-3-25-22-14-19(10-13-21(22)15(2)23)18-6-4-16(5-7-18)17-8-11-20(24)12-9-17/h4-14,24H,3H2,1-2H3. The summed E-state index contributed by atoms with van der Waals surface area (Å²) in [4.78, 5) is 11.7. The van der Waals surface area contributed by atoms with Gasteiger partial charge in [0.05, 0.1) is 12.2 Å². The number of aromatic hydroxyl groups is 1. The van der Waals surface area contributed by atoms with Gasteiger partial charge in [0.2, 0.25) is 0 Å². The van der Waals surface area contributed by atoms with Gasteiger partial charge in [-0.2, -0.15) is 0 Å². The van der Waals surface area contributed by atoms with Crippen molar-refractivity contribution in [2.75, 3.05) is 6.61 Å². The first-order valence-corrected chi connectivity index (χ1v) is 8.26. The Morgan fingerprint density at radius 3 is 1.84 bits per heavy atom. The highest BCUT2D eigenvalue weighted by atomic mass is 16.5. The van der Waals surface area contributed by atoms with Gasteiger partial charge in [-0.15, -0.1) is 0 Å². The van der Waals surface area contributed by atoms with E-state index in [4.69, 9.17) is 4.74 Å². The molecular formula is C22H20O3. The predicted molar refractivity (Wildman–Crippen MR) is 100 cm³/mol. The third-order valence-electron chi connectivity index (χ3n) is 4.08. The number of ether oxygens (including phenoxy) is 1. The van der Waals surface area contributed by atoms with E-state index in [1.165, 1.54) is 0 Å². The Bertz CT molecular complexity index is 878. The first-order chi connectivity index (χ1) is 12.1. The van der Waals surface area contributed by atoms with Crippen molar-refractivity contribution in [2.24, 2.45) is 0 Å². The topological polar surface area (TPSA) is 46.5 Å². The van der Waals surface area contributed by atoms with Crippen LogP contribution >= 0.6 is 0 Å². The number of rotatable bonds is 5. The smallest absolute Gasteiger partial charge is 0.163 e. The molecule has 0 saturated carbocycles. The molecule has 0 aliphatic heterocycles. The molecule has 0 atom stereocenters. The maximum Gasteiger partial charge on any atom is 0.163 e. The number of hydrogen-bond acceptors (Lipinski definition) is 3. The predicted octanol–water partition coefficient (Wildman–Crippen LogP) is 5.33. The van der Waals surface area contributed by atoms with E-state index in [9.17, 15) is 9.90 Å². The van der Waals surface area contributed by atoms with E-state index < -0.39 is 0 Å². The highest BCUT2D eigenvalue weighted by Crippen LogP contribution is 2.30. The molecule has 0 aliphatic carbocycles. The normalized spacial score (nSPS) is 10.5. The largest absolute Gasteiger partial charge is 0.508 e. The van der Waals surface area contributed by atoms with Crippen molar-refractivity contribution in [1.82, 2.24) is 0 Å². The zero-order valence-electron chi connectivity index (χ0n) is 14.3.